The van der Waals surface area contributed by atoms with Gasteiger partial charge in [-0.05, 0) is 107 Å². The summed E-state index contributed by atoms with van der Waals surface area (Å²) in [5.41, 5.74) is 13.1. The highest BCUT2D eigenvalue weighted by Gasteiger charge is 2.17. The van der Waals surface area contributed by atoms with Crippen LogP contribution in [-0.4, -0.2) is 43.4 Å². The third-order valence-electron chi connectivity index (χ3n) is 9.77. The standard InChI is InChI=1S/C48H39N3O4/c1-52-35-17-9-31(10-18-35)39-7-5-6-8-40(32-11-19-36(53-2)20-12-32)42-26-28-44(50-42)48(34-15-23-38(55-4)24-16-34)46-30-29-45(51-46)47(43-27-25-41(39)49-43)33-13-21-37(54-3)22-14-33/h5-30,51H,1-4H3. The zero-order chi connectivity index (χ0) is 37.7. The molecular weight excluding hydrogens is 683 g/mol. The van der Waals surface area contributed by atoms with E-state index in [1.165, 1.54) is 0 Å². The van der Waals surface area contributed by atoms with Gasteiger partial charge >= 0.3 is 0 Å². The number of nitrogens with zero attached hydrogens (tertiary/aromatic N) is 2. The van der Waals surface area contributed by atoms with Gasteiger partial charge in [-0.2, -0.15) is 0 Å². The summed E-state index contributed by atoms with van der Waals surface area (Å²) >= 11 is 0. The topological polar surface area (TPSA) is 78.5 Å². The van der Waals surface area contributed by atoms with Crippen molar-refractivity contribution in [2.75, 3.05) is 28.4 Å². The lowest BCUT2D eigenvalue weighted by atomic mass is 10.0. The summed E-state index contributed by atoms with van der Waals surface area (Å²) in [4.78, 5) is 14.4. The monoisotopic (exact) mass is 721 g/mol. The van der Waals surface area contributed by atoms with Gasteiger partial charge in [-0.1, -0.05) is 72.8 Å². The third kappa shape index (κ3) is 7.15. The number of H-pyrrole nitrogens is 1. The van der Waals surface area contributed by atoms with Gasteiger partial charge in [0.2, 0.25) is 0 Å². The molecule has 270 valence electrons. The van der Waals surface area contributed by atoms with Crippen LogP contribution in [0.15, 0.2) is 133 Å². The van der Waals surface area contributed by atoms with Crippen molar-refractivity contribution in [3.05, 3.63) is 156 Å². The van der Waals surface area contributed by atoms with Gasteiger partial charge in [-0.15, -0.1) is 0 Å². The van der Waals surface area contributed by atoms with E-state index in [0.717, 1.165) is 101 Å². The van der Waals surface area contributed by atoms with Crippen LogP contribution < -0.4 is 18.9 Å². The summed E-state index contributed by atoms with van der Waals surface area (Å²) in [6, 6.07) is 44.9. The first-order valence-electron chi connectivity index (χ1n) is 17.9. The molecule has 7 nitrogen and oxygen atoms in total. The van der Waals surface area contributed by atoms with Crippen molar-refractivity contribution in [1.82, 2.24) is 15.0 Å². The molecule has 0 unspecified atom stereocenters. The Bertz CT molecular complexity index is 2420. The highest BCUT2D eigenvalue weighted by Crippen LogP contribution is 2.37. The molecule has 2 aliphatic rings. The molecule has 4 heterocycles. The van der Waals surface area contributed by atoms with Crippen LogP contribution in [0.4, 0.5) is 0 Å². The number of hydrogen-bond acceptors (Lipinski definition) is 6. The fourth-order valence-electron chi connectivity index (χ4n) is 6.89. The van der Waals surface area contributed by atoms with Crippen LogP contribution in [0.1, 0.15) is 22.8 Å². The van der Waals surface area contributed by atoms with E-state index >= 15 is 0 Å². The second-order valence-corrected chi connectivity index (χ2v) is 12.9. The minimum atomic E-state index is 0.782. The number of fused-ring (bicyclic) bond motifs is 6. The average molecular weight is 722 g/mol. The van der Waals surface area contributed by atoms with E-state index in [1.54, 1.807) is 28.4 Å². The second kappa shape index (κ2) is 15.5. The molecule has 55 heavy (non-hydrogen) atoms. The second-order valence-electron chi connectivity index (χ2n) is 12.9. The molecule has 6 aromatic rings. The quantitative estimate of drug-likeness (QED) is 0.168. The summed E-state index contributed by atoms with van der Waals surface area (Å²) in [6.07, 6.45) is 8.33. The maximum absolute atomic E-state index is 5.52. The van der Waals surface area contributed by atoms with Crippen molar-refractivity contribution in [3.8, 4) is 67.5 Å². The van der Waals surface area contributed by atoms with Crippen LogP contribution in [0.3, 0.4) is 0 Å². The average Bonchev–Trinajstić information content (AvgIpc) is 4.03. The highest BCUT2D eigenvalue weighted by atomic mass is 16.5. The molecule has 8 rings (SSSR count). The lowest BCUT2D eigenvalue weighted by Crippen LogP contribution is -1.89. The predicted octanol–water partition coefficient (Wildman–Crippen LogP) is 11.4. The number of methoxy groups -OCH3 is 4. The van der Waals surface area contributed by atoms with Gasteiger partial charge in [0.1, 0.15) is 23.0 Å². The lowest BCUT2D eigenvalue weighted by Gasteiger charge is -2.07. The first-order valence-corrected chi connectivity index (χ1v) is 17.9. The number of ether oxygens (including phenoxy) is 4. The van der Waals surface area contributed by atoms with Crippen LogP contribution in [0.2, 0.25) is 0 Å². The van der Waals surface area contributed by atoms with Crippen molar-refractivity contribution in [3.63, 3.8) is 0 Å². The lowest BCUT2D eigenvalue weighted by molar-refractivity contribution is 0.415. The minimum Gasteiger partial charge on any atom is -0.497 e. The Balaban J connectivity index is 1.48. The molecule has 0 saturated carbocycles. The van der Waals surface area contributed by atoms with E-state index in [2.05, 4.69) is 114 Å². The molecule has 0 radical (unpaired) electrons. The van der Waals surface area contributed by atoms with Gasteiger partial charge in [0.25, 0.3) is 0 Å². The Morgan fingerprint density at radius 2 is 0.655 bits per heavy atom. The number of benzene rings is 4. The summed E-state index contributed by atoms with van der Waals surface area (Å²) in [7, 11) is 6.70. The molecule has 0 fully saturated rings. The molecule has 7 heteroatoms. The van der Waals surface area contributed by atoms with Crippen molar-refractivity contribution in [2.24, 2.45) is 0 Å². The van der Waals surface area contributed by atoms with Gasteiger partial charge in [-0.25, -0.2) is 9.97 Å². The van der Waals surface area contributed by atoms with Crippen LogP contribution in [0.5, 0.6) is 23.0 Å². The summed E-state index contributed by atoms with van der Waals surface area (Å²) < 4.78 is 22.0. The van der Waals surface area contributed by atoms with E-state index in [1.807, 2.05) is 48.5 Å². The summed E-state index contributed by atoms with van der Waals surface area (Å²) in [6.45, 7) is 0. The van der Waals surface area contributed by atoms with E-state index in [4.69, 9.17) is 28.9 Å². The van der Waals surface area contributed by atoms with Crippen LogP contribution in [-0.2, 0) is 0 Å². The molecule has 0 amide bonds. The van der Waals surface area contributed by atoms with Crippen molar-refractivity contribution in [1.29, 1.82) is 0 Å². The largest absolute Gasteiger partial charge is 0.497 e. The van der Waals surface area contributed by atoms with E-state index < -0.39 is 0 Å². The molecule has 1 N–H and O–H groups in total. The Hall–Kier alpha value is -7.12. The number of nitrogens with one attached hydrogen (secondary N) is 1. The first-order chi connectivity index (χ1) is 27.0. The zero-order valence-corrected chi connectivity index (χ0v) is 31.0. The van der Waals surface area contributed by atoms with Crippen LogP contribution in [0.25, 0.3) is 79.8 Å². The summed E-state index contributed by atoms with van der Waals surface area (Å²) in [5.74, 6) is 3.14. The SMILES string of the molecule is COc1ccc(-c2ccccc(-c3ccc(OC)cc3)c3nc(c(-c4ccc(OC)cc4)c4ccc([nH]4)c(-c4ccc(OC)cc4)c4nc2C=C4)C=C3)cc1. The Kier molecular flexibility index (Phi) is 9.82. The van der Waals surface area contributed by atoms with Gasteiger partial charge < -0.3 is 23.9 Å². The molecule has 0 atom stereocenters. The Morgan fingerprint density at radius 3 is 0.982 bits per heavy atom. The van der Waals surface area contributed by atoms with Crippen molar-refractivity contribution in [2.45, 2.75) is 0 Å². The van der Waals surface area contributed by atoms with E-state index in [-0.39, 0.29) is 0 Å². The molecular formula is C48H39N3O4. The van der Waals surface area contributed by atoms with Gasteiger partial charge in [0.05, 0.1) is 51.2 Å². The fraction of sp³-hybridized carbons (Fsp3) is 0.0833. The molecule has 4 aromatic carbocycles. The molecule has 0 spiro atoms. The number of aromatic nitrogens is 3. The maximum Gasteiger partial charge on any atom is 0.118 e. The molecule has 6 bridgehead atoms. The first kappa shape index (κ1) is 34.9. The smallest absolute Gasteiger partial charge is 0.118 e. The Labute approximate surface area is 320 Å². The van der Waals surface area contributed by atoms with Gasteiger partial charge in [0, 0.05) is 33.3 Å². The number of rotatable bonds is 8. The highest BCUT2D eigenvalue weighted by molar-refractivity contribution is 5.96. The zero-order valence-electron chi connectivity index (χ0n) is 31.0. The minimum absolute atomic E-state index is 0.782. The molecule has 2 aliphatic heterocycles. The summed E-state index contributed by atoms with van der Waals surface area (Å²) in [5, 5.41) is 0. The number of hydrogen-bond donors (Lipinski definition) is 1. The van der Waals surface area contributed by atoms with Crippen molar-refractivity contribution >= 4 is 35.3 Å². The predicted molar refractivity (Wildman–Crippen MR) is 224 cm³/mol. The van der Waals surface area contributed by atoms with Gasteiger partial charge in [0.15, 0.2) is 0 Å². The molecule has 2 aromatic heterocycles. The Morgan fingerprint density at radius 1 is 0.345 bits per heavy atom. The van der Waals surface area contributed by atoms with E-state index in [9.17, 15) is 0 Å². The maximum atomic E-state index is 5.52. The van der Waals surface area contributed by atoms with Crippen LogP contribution >= 0.6 is 0 Å². The molecule has 0 saturated heterocycles. The van der Waals surface area contributed by atoms with Crippen LogP contribution in [0, 0.1) is 0 Å². The molecule has 0 aliphatic carbocycles. The van der Waals surface area contributed by atoms with Crippen molar-refractivity contribution < 1.29 is 18.9 Å². The fourth-order valence-corrected chi connectivity index (χ4v) is 6.89. The third-order valence-corrected chi connectivity index (χ3v) is 9.77. The van der Waals surface area contributed by atoms with Gasteiger partial charge in [-0.3, -0.25) is 0 Å². The van der Waals surface area contributed by atoms with E-state index in [0.29, 0.717) is 0 Å². The number of aromatic amines is 1. The normalized spacial score (nSPS) is 11.5.